The number of nitrogens with one attached hydrogen (secondary N) is 1. The molecule has 2 aromatic carbocycles. The molecule has 2 amide bonds. The number of amides is 2. The fourth-order valence-corrected chi connectivity index (χ4v) is 2.61. The third kappa shape index (κ3) is 4.40. The molecule has 0 aliphatic rings. The van der Waals surface area contributed by atoms with Crippen molar-refractivity contribution in [2.45, 2.75) is 13.8 Å². The number of ether oxygens (including phenoxy) is 1. The van der Waals surface area contributed by atoms with Gasteiger partial charge in [0.05, 0.1) is 18.4 Å². The first-order chi connectivity index (χ1) is 12.3. The van der Waals surface area contributed by atoms with Crippen LogP contribution in [0.2, 0.25) is 5.02 Å². The van der Waals surface area contributed by atoms with Gasteiger partial charge in [0.2, 0.25) is 11.8 Å². The van der Waals surface area contributed by atoms with Crippen LogP contribution in [0.3, 0.4) is 0 Å². The average molecular weight is 375 g/mol. The van der Waals surface area contributed by atoms with Crippen molar-refractivity contribution >= 4 is 40.8 Å². The standard InChI is InChI=1S/C19H19ClN2O4/c1-12-15(20)8-6-9-16(12)21-18(24)11-22(13(2)23)17-10-5-4-7-14(17)19(25)26-3/h4-10H,11H2,1-3H3,(H,21,24). The Labute approximate surface area is 156 Å². The third-order valence-corrected chi connectivity index (χ3v) is 4.23. The van der Waals surface area contributed by atoms with Gasteiger partial charge in [0.15, 0.2) is 0 Å². The Morgan fingerprint density at radius 3 is 2.46 bits per heavy atom. The number of para-hydroxylation sites is 1. The van der Waals surface area contributed by atoms with Crippen LogP contribution in [0.4, 0.5) is 11.4 Å². The van der Waals surface area contributed by atoms with Crippen molar-refractivity contribution < 1.29 is 19.1 Å². The lowest BCUT2D eigenvalue weighted by molar-refractivity contribution is -0.120. The Morgan fingerprint density at radius 1 is 1.12 bits per heavy atom. The van der Waals surface area contributed by atoms with Crippen LogP contribution < -0.4 is 10.2 Å². The first-order valence-corrected chi connectivity index (χ1v) is 8.23. The van der Waals surface area contributed by atoms with Gasteiger partial charge in [-0.1, -0.05) is 29.8 Å². The Kier molecular flexibility index (Phi) is 6.36. The molecule has 6 nitrogen and oxygen atoms in total. The highest BCUT2D eigenvalue weighted by molar-refractivity contribution is 6.31. The molecule has 0 radical (unpaired) electrons. The fraction of sp³-hybridized carbons (Fsp3) is 0.211. The number of anilines is 2. The lowest BCUT2D eigenvalue weighted by atomic mass is 10.1. The van der Waals surface area contributed by atoms with Gasteiger partial charge in [-0.15, -0.1) is 0 Å². The summed E-state index contributed by atoms with van der Waals surface area (Å²) < 4.78 is 4.74. The Balaban J connectivity index is 2.27. The van der Waals surface area contributed by atoms with Gasteiger partial charge in [-0.2, -0.15) is 0 Å². The Morgan fingerprint density at radius 2 is 1.81 bits per heavy atom. The molecule has 0 bridgehead atoms. The van der Waals surface area contributed by atoms with E-state index in [2.05, 4.69) is 5.32 Å². The van der Waals surface area contributed by atoms with Crippen LogP contribution in [0.25, 0.3) is 0 Å². The van der Waals surface area contributed by atoms with E-state index in [0.29, 0.717) is 16.4 Å². The first-order valence-electron chi connectivity index (χ1n) is 7.85. The number of carbonyl (C=O) groups excluding carboxylic acids is 3. The second kappa shape index (κ2) is 8.49. The molecule has 0 aliphatic heterocycles. The van der Waals surface area contributed by atoms with Gasteiger partial charge in [0, 0.05) is 17.6 Å². The van der Waals surface area contributed by atoms with E-state index in [1.807, 2.05) is 0 Å². The summed E-state index contributed by atoms with van der Waals surface area (Å²) in [4.78, 5) is 37.7. The average Bonchev–Trinajstić information content (AvgIpc) is 2.62. The summed E-state index contributed by atoms with van der Waals surface area (Å²) in [5, 5.41) is 3.27. The highest BCUT2D eigenvalue weighted by atomic mass is 35.5. The van der Waals surface area contributed by atoms with Gasteiger partial charge >= 0.3 is 5.97 Å². The van der Waals surface area contributed by atoms with E-state index in [-0.39, 0.29) is 18.0 Å². The second-order valence-electron chi connectivity index (χ2n) is 5.57. The van der Waals surface area contributed by atoms with Crippen LogP contribution >= 0.6 is 11.6 Å². The molecule has 0 spiro atoms. The van der Waals surface area contributed by atoms with Crippen LogP contribution in [0.1, 0.15) is 22.8 Å². The minimum Gasteiger partial charge on any atom is -0.465 e. The van der Waals surface area contributed by atoms with E-state index in [1.54, 1.807) is 43.3 Å². The molecular formula is C19H19ClN2O4. The largest absolute Gasteiger partial charge is 0.465 e. The zero-order valence-corrected chi connectivity index (χ0v) is 15.5. The van der Waals surface area contributed by atoms with E-state index in [4.69, 9.17) is 16.3 Å². The van der Waals surface area contributed by atoms with Crippen molar-refractivity contribution in [2.24, 2.45) is 0 Å². The van der Waals surface area contributed by atoms with E-state index in [0.717, 1.165) is 5.56 Å². The molecule has 0 fully saturated rings. The van der Waals surface area contributed by atoms with Crippen LogP contribution in [0.15, 0.2) is 42.5 Å². The summed E-state index contributed by atoms with van der Waals surface area (Å²) in [6.07, 6.45) is 0. The number of hydrogen-bond acceptors (Lipinski definition) is 4. The molecule has 7 heteroatoms. The predicted molar refractivity (Wildman–Crippen MR) is 101 cm³/mol. The van der Waals surface area contributed by atoms with Crippen LogP contribution in [-0.4, -0.2) is 31.4 Å². The second-order valence-corrected chi connectivity index (χ2v) is 5.98. The molecule has 1 N–H and O–H groups in total. The number of esters is 1. The number of methoxy groups -OCH3 is 1. The molecule has 136 valence electrons. The predicted octanol–water partition coefficient (Wildman–Crippen LogP) is 3.43. The molecular weight excluding hydrogens is 356 g/mol. The number of halogens is 1. The quantitative estimate of drug-likeness (QED) is 0.813. The third-order valence-electron chi connectivity index (χ3n) is 3.82. The number of carbonyl (C=O) groups is 3. The minimum atomic E-state index is -0.585. The lowest BCUT2D eigenvalue weighted by Gasteiger charge is -2.23. The number of rotatable bonds is 5. The number of nitrogens with zero attached hydrogens (tertiary/aromatic N) is 1. The summed E-state index contributed by atoms with van der Waals surface area (Å²) in [5.41, 5.74) is 1.81. The van der Waals surface area contributed by atoms with Gasteiger partial charge in [-0.05, 0) is 36.8 Å². The normalized spacial score (nSPS) is 10.2. The van der Waals surface area contributed by atoms with Crippen LogP contribution in [-0.2, 0) is 14.3 Å². The van der Waals surface area contributed by atoms with Crippen molar-refractivity contribution in [3.05, 3.63) is 58.6 Å². The van der Waals surface area contributed by atoms with Crippen LogP contribution in [0, 0.1) is 6.92 Å². The molecule has 0 unspecified atom stereocenters. The highest BCUT2D eigenvalue weighted by Gasteiger charge is 2.22. The summed E-state index contributed by atoms with van der Waals surface area (Å²) in [6, 6.07) is 11.6. The van der Waals surface area contributed by atoms with Crippen LogP contribution in [0.5, 0.6) is 0 Å². The lowest BCUT2D eigenvalue weighted by Crippen LogP contribution is -2.37. The summed E-state index contributed by atoms with van der Waals surface area (Å²) in [7, 11) is 1.26. The monoisotopic (exact) mass is 374 g/mol. The topological polar surface area (TPSA) is 75.7 Å². The molecule has 26 heavy (non-hydrogen) atoms. The zero-order valence-electron chi connectivity index (χ0n) is 14.7. The van der Waals surface area contributed by atoms with E-state index in [1.165, 1.54) is 25.0 Å². The van der Waals surface area contributed by atoms with Crippen molar-refractivity contribution in [1.29, 1.82) is 0 Å². The van der Waals surface area contributed by atoms with Crippen molar-refractivity contribution in [3.63, 3.8) is 0 Å². The van der Waals surface area contributed by atoms with E-state index >= 15 is 0 Å². The maximum atomic E-state index is 12.5. The summed E-state index contributed by atoms with van der Waals surface area (Å²) in [5.74, 6) is -1.37. The van der Waals surface area contributed by atoms with Gasteiger partial charge in [-0.3, -0.25) is 9.59 Å². The Bertz CT molecular complexity index is 851. The van der Waals surface area contributed by atoms with Crippen molar-refractivity contribution in [2.75, 3.05) is 23.9 Å². The smallest absolute Gasteiger partial charge is 0.339 e. The van der Waals surface area contributed by atoms with Gasteiger partial charge in [-0.25, -0.2) is 4.79 Å². The van der Waals surface area contributed by atoms with Crippen molar-refractivity contribution in [1.82, 2.24) is 0 Å². The molecule has 2 aromatic rings. The van der Waals surface area contributed by atoms with E-state index < -0.39 is 11.9 Å². The molecule has 0 heterocycles. The van der Waals surface area contributed by atoms with E-state index in [9.17, 15) is 14.4 Å². The molecule has 0 saturated heterocycles. The first kappa shape index (κ1) is 19.5. The molecule has 2 rings (SSSR count). The minimum absolute atomic E-state index is 0.205. The molecule has 0 aromatic heterocycles. The van der Waals surface area contributed by atoms with Crippen molar-refractivity contribution in [3.8, 4) is 0 Å². The molecule has 0 atom stereocenters. The SMILES string of the molecule is COC(=O)c1ccccc1N(CC(=O)Nc1cccc(Cl)c1C)C(C)=O. The maximum Gasteiger partial charge on any atom is 0.339 e. The molecule has 0 aliphatic carbocycles. The Hall–Kier alpha value is -2.86. The number of hydrogen-bond donors (Lipinski definition) is 1. The molecule has 0 saturated carbocycles. The van der Waals surface area contributed by atoms with Gasteiger partial charge in [0.1, 0.15) is 6.54 Å². The maximum absolute atomic E-state index is 12.5. The number of benzene rings is 2. The van der Waals surface area contributed by atoms with Gasteiger partial charge in [0.25, 0.3) is 0 Å². The summed E-state index contributed by atoms with van der Waals surface area (Å²) in [6.45, 7) is 2.86. The highest BCUT2D eigenvalue weighted by Crippen LogP contribution is 2.24. The summed E-state index contributed by atoms with van der Waals surface area (Å²) >= 11 is 6.05. The zero-order chi connectivity index (χ0) is 19.3. The van der Waals surface area contributed by atoms with Gasteiger partial charge < -0.3 is 15.0 Å². The fourth-order valence-electron chi connectivity index (χ4n) is 2.43.